The quantitative estimate of drug-likeness (QED) is 0.126. The lowest BCUT2D eigenvalue weighted by Crippen LogP contribution is -2.32. The van der Waals surface area contributed by atoms with Crippen molar-refractivity contribution in [3.05, 3.63) is 196 Å². The third-order valence-electron chi connectivity index (χ3n) is 11.8. The van der Waals surface area contributed by atoms with Crippen molar-refractivity contribution >= 4 is 78.5 Å². The normalized spacial score (nSPS) is 10.6. The van der Waals surface area contributed by atoms with E-state index in [1.54, 1.807) is 88.1 Å². The highest BCUT2D eigenvalue weighted by atomic mass is 16.6. The van der Waals surface area contributed by atoms with Crippen molar-refractivity contribution in [3.63, 3.8) is 0 Å². The lowest BCUT2D eigenvalue weighted by Gasteiger charge is -2.20. The maximum atomic E-state index is 12.1. The Morgan fingerprint density at radius 1 is 0.467 bits per heavy atom. The molecule has 0 aliphatic rings. The van der Waals surface area contributed by atoms with Crippen molar-refractivity contribution in [2.45, 2.75) is 46.0 Å². The van der Waals surface area contributed by atoms with Crippen LogP contribution in [0.25, 0.3) is 47.9 Å². The Labute approximate surface area is 440 Å². The maximum Gasteiger partial charge on any atom is 0.407 e. The van der Waals surface area contributed by atoms with E-state index in [9.17, 15) is 24.0 Å². The zero-order chi connectivity index (χ0) is 55.1. The Hall–Kier alpha value is -8.64. The first-order valence-electron chi connectivity index (χ1n) is 24.3. The van der Waals surface area contributed by atoms with Crippen molar-refractivity contribution in [2.24, 2.45) is 11.5 Å². The minimum absolute atomic E-state index is 0.0186. The summed E-state index contributed by atoms with van der Waals surface area (Å²) in [7, 11) is 13.9. The van der Waals surface area contributed by atoms with Crippen LogP contribution in [-0.2, 0) is 24.4 Å². The van der Waals surface area contributed by atoms with Crippen LogP contribution >= 0.6 is 0 Å². The molecular formula is C61H68N8O6. The van der Waals surface area contributed by atoms with Gasteiger partial charge in [-0.05, 0) is 123 Å². The minimum Gasteiger partial charge on any atom is -0.444 e. The molecule has 0 fully saturated rings. The lowest BCUT2D eigenvalue weighted by molar-refractivity contribution is 0.0522. The molecule has 0 radical (unpaired) electrons. The van der Waals surface area contributed by atoms with E-state index in [0.717, 1.165) is 59.8 Å². The Morgan fingerprint density at radius 2 is 0.773 bits per heavy atom. The molecule has 0 saturated heterocycles. The van der Waals surface area contributed by atoms with E-state index in [4.69, 9.17) is 22.8 Å². The second kappa shape index (κ2) is 25.8. The smallest absolute Gasteiger partial charge is 0.407 e. The van der Waals surface area contributed by atoms with Gasteiger partial charge in [0.15, 0.2) is 5.69 Å². The summed E-state index contributed by atoms with van der Waals surface area (Å²) >= 11 is 0. The number of nitrogens with one attached hydrogen (secondary N) is 1. The van der Waals surface area contributed by atoms with E-state index in [2.05, 4.69) is 10.2 Å². The Balaban J connectivity index is 0.000000187. The summed E-state index contributed by atoms with van der Waals surface area (Å²) in [5, 5.41) is 10.9. The highest BCUT2D eigenvalue weighted by Gasteiger charge is 2.17. The summed E-state index contributed by atoms with van der Waals surface area (Å²) in [6, 6.07) is 45.8. The molecule has 0 bridgehead atoms. The fourth-order valence-electron chi connectivity index (χ4n) is 7.97. The fraction of sp³-hybridized carbons (Fsp3) is 0.246. The van der Waals surface area contributed by atoms with Crippen LogP contribution in [0.3, 0.4) is 0 Å². The van der Waals surface area contributed by atoms with Crippen LogP contribution in [0.1, 0.15) is 78.9 Å². The number of hydrogen-bond donors (Lipinski definition) is 3. The van der Waals surface area contributed by atoms with Crippen LogP contribution in [0, 0.1) is 6.57 Å². The second-order valence-corrected chi connectivity index (χ2v) is 19.4. The molecule has 8 aromatic carbocycles. The number of nitrogens with zero attached hydrogens (tertiary/aromatic N) is 5. The molecule has 5 N–H and O–H groups in total. The molecule has 0 aliphatic carbocycles. The van der Waals surface area contributed by atoms with Gasteiger partial charge in [-0.3, -0.25) is 19.2 Å². The Kier molecular flexibility index (Phi) is 19.7. The second-order valence-electron chi connectivity index (χ2n) is 19.4. The number of benzene rings is 8. The molecule has 8 aromatic rings. The molecule has 0 unspecified atom stereocenters. The molecule has 0 heterocycles. The summed E-state index contributed by atoms with van der Waals surface area (Å²) in [5.74, 6) is -0.0237. The van der Waals surface area contributed by atoms with Gasteiger partial charge in [-0.25, -0.2) is 9.64 Å². The van der Waals surface area contributed by atoms with E-state index in [1.807, 2.05) is 154 Å². The average molecular weight is 1010 g/mol. The zero-order valence-corrected chi connectivity index (χ0v) is 44.8. The van der Waals surface area contributed by atoms with E-state index >= 15 is 0 Å². The number of carbonyl (C=O) groups is 5. The maximum absolute atomic E-state index is 12.1. The first-order chi connectivity index (χ1) is 35.6. The van der Waals surface area contributed by atoms with Crippen LogP contribution in [0.4, 0.5) is 10.5 Å². The van der Waals surface area contributed by atoms with Crippen molar-refractivity contribution in [1.82, 2.24) is 24.9 Å². The van der Waals surface area contributed by atoms with E-state index in [1.165, 1.54) is 0 Å². The van der Waals surface area contributed by atoms with Crippen molar-refractivity contribution < 1.29 is 28.7 Å². The molecule has 0 aromatic heterocycles. The molecule has 14 heteroatoms. The van der Waals surface area contributed by atoms with Gasteiger partial charge in [-0.15, -0.1) is 0 Å². The van der Waals surface area contributed by atoms with Crippen LogP contribution in [0.5, 0.6) is 0 Å². The van der Waals surface area contributed by atoms with Crippen LogP contribution in [0.15, 0.2) is 146 Å². The summed E-state index contributed by atoms with van der Waals surface area (Å²) in [4.78, 5) is 69.1. The van der Waals surface area contributed by atoms with Crippen LogP contribution in [-0.4, -0.2) is 111 Å². The molecule has 0 spiro atoms. The number of hydrogen-bond acceptors (Lipinski definition) is 8. The van der Waals surface area contributed by atoms with Gasteiger partial charge in [0.25, 0.3) is 23.6 Å². The minimum atomic E-state index is -0.524. The SMILES string of the molecule is CN(C)C(=O)c1ccc2c(CN)cccc2c1.CN(C)C(=O)c1ccc2c(CN)cccc2c1.CN(C)C(=O)c1ccc2c(CNC(=O)OC(C)(C)C)cccc2c1.[C-]#[N+]c1cccc2cc(C(=O)N(C)C)ccc12. The van der Waals surface area contributed by atoms with Gasteiger partial charge < -0.3 is 41.1 Å². The first kappa shape index (κ1) is 57.3. The predicted octanol–water partition coefficient (Wildman–Crippen LogP) is 10.7. The molecule has 0 atom stereocenters. The van der Waals surface area contributed by atoms with Crippen molar-refractivity contribution in [2.75, 3.05) is 56.4 Å². The predicted molar refractivity (Wildman–Crippen MR) is 303 cm³/mol. The number of alkyl carbamates (subject to hydrolysis) is 1. The monoisotopic (exact) mass is 1010 g/mol. The lowest BCUT2D eigenvalue weighted by atomic mass is 10.0. The van der Waals surface area contributed by atoms with E-state index in [-0.39, 0.29) is 23.6 Å². The standard InChI is InChI=1S/C19H24N2O3.C14H12N2O.2C14H16N2O/c1-19(2,3)24-18(23)20-12-15-8-6-7-13-11-14(9-10-16(13)15)17(22)21(4)5;1-15-13-6-4-5-10-9-11(7-8-12(10)13)14(17)16(2)3;2*1-16(2)14(17)11-6-7-13-10(8-11)4-3-5-12(13)9-15/h6-11H,12H2,1-5H3,(H,20,23);4-9H,2-3H3;2*3-8H,9,15H2,1-2H3. The van der Waals surface area contributed by atoms with E-state index in [0.29, 0.717) is 47.6 Å². The molecule has 75 heavy (non-hydrogen) atoms. The highest BCUT2D eigenvalue weighted by molar-refractivity contribution is 6.03. The van der Waals surface area contributed by atoms with Crippen molar-refractivity contribution in [1.29, 1.82) is 0 Å². The van der Waals surface area contributed by atoms with Crippen LogP contribution in [0.2, 0.25) is 0 Å². The number of rotatable bonds is 8. The largest absolute Gasteiger partial charge is 0.444 e. The molecule has 0 aliphatic heterocycles. The number of fused-ring (bicyclic) bond motifs is 4. The summed E-state index contributed by atoms with van der Waals surface area (Å²) in [6.07, 6.45) is -0.445. The van der Waals surface area contributed by atoms with Crippen molar-refractivity contribution in [3.8, 4) is 0 Å². The number of carbonyl (C=O) groups excluding carboxylic acids is 5. The van der Waals surface area contributed by atoms with Gasteiger partial charge >= 0.3 is 6.09 Å². The third-order valence-corrected chi connectivity index (χ3v) is 11.8. The summed E-state index contributed by atoms with van der Waals surface area (Å²) in [5.41, 5.74) is 17.3. The van der Waals surface area contributed by atoms with Gasteiger partial charge in [0.05, 0.1) is 6.57 Å². The number of ether oxygens (including phenoxy) is 1. The molecular weight excluding hydrogens is 941 g/mol. The van der Waals surface area contributed by atoms with Gasteiger partial charge in [-0.1, -0.05) is 103 Å². The van der Waals surface area contributed by atoms with Crippen LogP contribution < -0.4 is 16.8 Å². The van der Waals surface area contributed by atoms with Gasteiger partial charge in [0.1, 0.15) is 5.60 Å². The molecule has 0 saturated carbocycles. The Bertz CT molecular complexity index is 3300. The summed E-state index contributed by atoms with van der Waals surface area (Å²) in [6.45, 7) is 14.0. The zero-order valence-electron chi connectivity index (χ0n) is 44.8. The average Bonchev–Trinajstić information content (AvgIpc) is 3.40. The molecule has 8 rings (SSSR count). The van der Waals surface area contributed by atoms with Gasteiger partial charge in [0.2, 0.25) is 0 Å². The highest BCUT2D eigenvalue weighted by Crippen LogP contribution is 2.28. The Morgan fingerprint density at radius 3 is 1.09 bits per heavy atom. The molecule has 14 nitrogen and oxygen atoms in total. The number of amides is 5. The molecule has 5 amide bonds. The fourth-order valence-corrected chi connectivity index (χ4v) is 7.97. The van der Waals surface area contributed by atoms with Gasteiger partial charge in [0, 0.05) is 98.3 Å². The number of nitrogens with two attached hydrogens (primary N) is 2. The first-order valence-corrected chi connectivity index (χ1v) is 24.3. The third kappa shape index (κ3) is 15.2. The summed E-state index contributed by atoms with van der Waals surface area (Å²) < 4.78 is 5.25. The van der Waals surface area contributed by atoms with E-state index < -0.39 is 11.7 Å². The van der Waals surface area contributed by atoms with Gasteiger partial charge in [-0.2, -0.15) is 0 Å². The molecule has 388 valence electrons. The topological polar surface area (TPSA) is 176 Å².